The van der Waals surface area contributed by atoms with E-state index in [1.807, 2.05) is 66.7 Å². The number of hydrogen-bond acceptors (Lipinski definition) is 6. The van der Waals surface area contributed by atoms with Gasteiger partial charge in [0, 0.05) is 17.9 Å². The largest absolute Gasteiger partial charge is 0.445 e. The predicted octanol–water partition coefficient (Wildman–Crippen LogP) is 4.42. The Morgan fingerprint density at radius 2 is 1.40 bits per heavy atom. The van der Waals surface area contributed by atoms with Crippen molar-refractivity contribution in [3.05, 3.63) is 130 Å². The molecule has 0 aliphatic carbocycles. The summed E-state index contributed by atoms with van der Waals surface area (Å²) in [7, 11) is 0. The number of ketones is 1. The van der Waals surface area contributed by atoms with Gasteiger partial charge < -0.3 is 15.4 Å². The predicted molar refractivity (Wildman–Crippen MR) is 150 cm³/mol. The van der Waals surface area contributed by atoms with Crippen molar-refractivity contribution in [2.24, 2.45) is 0 Å². The number of nitrogens with zero attached hydrogens (tertiary/aromatic N) is 1. The molecule has 0 radical (unpaired) electrons. The van der Waals surface area contributed by atoms with Crippen LogP contribution in [-0.2, 0) is 27.4 Å². The number of carbonyl (C=O) groups is 3. The summed E-state index contributed by atoms with van der Waals surface area (Å²) >= 11 is 0. The number of fused-ring (bicyclic) bond motifs is 1. The number of hydrogen-bond donors (Lipinski definition) is 2. The molecule has 2 atom stereocenters. The average Bonchev–Trinajstić information content (AvgIpc) is 2.98. The molecule has 0 bridgehead atoms. The number of nitrogens with one attached hydrogen (secondary N) is 2. The van der Waals surface area contributed by atoms with Crippen LogP contribution in [0.5, 0.6) is 0 Å². The first-order valence-electron chi connectivity index (χ1n) is 12.8. The molecule has 0 saturated heterocycles. The second kappa shape index (κ2) is 13.7. The molecule has 9 nitrogen and oxygen atoms in total. The van der Waals surface area contributed by atoms with Crippen molar-refractivity contribution >= 4 is 28.6 Å². The van der Waals surface area contributed by atoms with E-state index in [0.29, 0.717) is 11.1 Å². The second-order valence-electron chi connectivity index (χ2n) is 9.28. The number of amides is 2. The van der Waals surface area contributed by atoms with Gasteiger partial charge in [-0.05, 0) is 27.5 Å². The molecule has 0 aliphatic heterocycles. The van der Waals surface area contributed by atoms with E-state index in [2.05, 4.69) is 10.6 Å². The molecule has 2 unspecified atom stereocenters. The van der Waals surface area contributed by atoms with Crippen LogP contribution in [0.2, 0.25) is 0 Å². The Morgan fingerprint density at radius 1 is 0.775 bits per heavy atom. The monoisotopic (exact) mass is 539 g/mol. The zero-order chi connectivity index (χ0) is 28.3. The van der Waals surface area contributed by atoms with Gasteiger partial charge in [0.1, 0.15) is 6.61 Å². The highest BCUT2D eigenvalue weighted by atomic mass is 16.6. The minimum atomic E-state index is -1.49. The normalized spacial score (nSPS) is 12.2. The maximum Gasteiger partial charge on any atom is 0.407 e. The first-order valence-corrected chi connectivity index (χ1v) is 12.8. The highest BCUT2D eigenvalue weighted by Gasteiger charge is 2.31. The Morgan fingerprint density at radius 3 is 2.08 bits per heavy atom. The molecule has 9 heteroatoms. The van der Waals surface area contributed by atoms with Gasteiger partial charge in [0.15, 0.2) is 0 Å². The van der Waals surface area contributed by atoms with Crippen molar-refractivity contribution in [3.63, 3.8) is 0 Å². The van der Waals surface area contributed by atoms with Crippen LogP contribution in [0.25, 0.3) is 10.8 Å². The Labute approximate surface area is 231 Å². The topological polar surface area (TPSA) is 128 Å². The molecular formula is C31H29N3O6. The molecule has 40 heavy (non-hydrogen) atoms. The van der Waals surface area contributed by atoms with Crippen LogP contribution in [0.15, 0.2) is 103 Å². The van der Waals surface area contributed by atoms with Gasteiger partial charge in [-0.2, -0.15) is 0 Å². The summed E-state index contributed by atoms with van der Waals surface area (Å²) in [6, 6.07) is 29.5. The minimum absolute atomic E-state index is 0.0672. The number of ether oxygens (including phenoxy) is 1. The van der Waals surface area contributed by atoms with Crippen LogP contribution in [0, 0.1) is 10.1 Å². The molecule has 204 valence electrons. The van der Waals surface area contributed by atoms with Gasteiger partial charge in [-0.15, -0.1) is 0 Å². The van der Waals surface area contributed by atoms with Crippen molar-refractivity contribution in [2.75, 3.05) is 13.1 Å². The molecule has 4 aromatic carbocycles. The molecule has 2 N–H and O–H groups in total. The molecule has 0 spiro atoms. The molecular weight excluding hydrogens is 510 g/mol. The molecule has 2 amide bonds. The third-order valence-corrected chi connectivity index (χ3v) is 6.49. The fourth-order valence-corrected chi connectivity index (χ4v) is 4.30. The maximum atomic E-state index is 13.3. The molecule has 0 fully saturated rings. The molecule has 0 aliphatic rings. The van der Waals surface area contributed by atoms with E-state index < -0.39 is 41.2 Å². The molecule has 0 saturated carbocycles. The summed E-state index contributed by atoms with van der Waals surface area (Å²) in [5.74, 6) is -2.13. The lowest BCUT2D eigenvalue weighted by Crippen LogP contribution is -2.43. The summed E-state index contributed by atoms with van der Waals surface area (Å²) < 4.78 is 5.27. The Hall–Kier alpha value is -5.05. The summed E-state index contributed by atoms with van der Waals surface area (Å²) in [5.41, 5.74) is 2.08. The van der Waals surface area contributed by atoms with Crippen molar-refractivity contribution < 1.29 is 24.0 Å². The smallest absolute Gasteiger partial charge is 0.407 e. The first kappa shape index (κ1) is 28.0. The van der Waals surface area contributed by atoms with Gasteiger partial charge in [0.05, 0.1) is 12.5 Å². The second-order valence-corrected chi connectivity index (χ2v) is 9.28. The van der Waals surface area contributed by atoms with E-state index in [1.54, 1.807) is 36.4 Å². The molecule has 0 aromatic heterocycles. The number of nitro groups is 1. The highest BCUT2D eigenvalue weighted by Crippen LogP contribution is 2.22. The van der Waals surface area contributed by atoms with Gasteiger partial charge in [-0.25, -0.2) is 4.79 Å². The SMILES string of the molecule is O=C(NCC(C(=O)NCC(=O)C(Cc1ccccc1)[N+](=O)[O-])c1ccc2ccccc2c1)OCc1ccccc1. The molecule has 4 rings (SSSR count). The Balaban J connectivity index is 1.44. The summed E-state index contributed by atoms with van der Waals surface area (Å²) in [6.45, 7) is -0.549. The number of benzene rings is 4. The van der Waals surface area contributed by atoms with E-state index in [-0.39, 0.29) is 19.6 Å². The average molecular weight is 540 g/mol. The zero-order valence-electron chi connectivity index (χ0n) is 21.7. The van der Waals surface area contributed by atoms with Crippen molar-refractivity contribution in [2.45, 2.75) is 25.0 Å². The maximum absolute atomic E-state index is 13.3. The van der Waals surface area contributed by atoms with Crippen LogP contribution >= 0.6 is 0 Å². The number of alkyl carbamates (subject to hydrolysis) is 1. The minimum Gasteiger partial charge on any atom is -0.445 e. The van der Waals surface area contributed by atoms with E-state index in [0.717, 1.165) is 16.3 Å². The van der Waals surface area contributed by atoms with Gasteiger partial charge in [-0.3, -0.25) is 19.7 Å². The summed E-state index contributed by atoms with van der Waals surface area (Å²) in [5, 5.41) is 18.7. The molecule has 0 heterocycles. The van der Waals surface area contributed by atoms with E-state index in [1.165, 1.54) is 0 Å². The van der Waals surface area contributed by atoms with E-state index in [9.17, 15) is 24.5 Å². The number of carbonyl (C=O) groups excluding carboxylic acids is 3. The lowest BCUT2D eigenvalue weighted by atomic mass is 9.95. The fraction of sp³-hybridized carbons (Fsp3) is 0.194. The fourth-order valence-electron chi connectivity index (χ4n) is 4.30. The number of Topliss-reactive ketones (excluding diaryl/α,β-unsaturated/α-hetero) is 1. The van der Waals surface area contributed by atoms with E-state index >= 15 is 0 Å². The van der Waals surface area contributed by atoms with Crippen LogP contribution in [0.4, 0.5) is 4.79 Å². The van der Waals surface area contributed by atoms with Crippen LogP contribution < -0.4 is 10.6 Å². The van der Waals surface area contributed by atoms with Gasteiger partial charge in [-0.1, -0.05) is 103 Å². The van der Waals surface area contributed by atoms with Crippen molar-refractivity contribution in [1.82, 2.24) is 10.6 Å². The van der Waals surface area contributed by atoms with Crippen molar-refractivity contribution in [3.8, 4) is 0 Å². The van der Waals surface area contributed by atoms with Crippen molar-refractivity contribution in [1.29, 1.82) is 0 Å². The summed E-state index contributed by atoms with van der Waals surface area (Å²) in [6.07, 6.45) is -0.777. The highest BCUT2D eigenvalue weighted by molar-refractivity contribution is 5.92. The third-order valence-electron chi connectivity index (χ3n) is 6.49. The van der Waals surface area contributed by atoms with Gasteiger partial charge in [0.25, 0.3) is 6.04 Å². The lowest BCUT2D eigenvalue weighted by molar-refractivity contribution is -0.506. The first-order chi connectivity index (χ1) is 19.4. The van der Waals surface area contributed by atoms with Gasteiger partial charge in [0.2, 0.25) is 11.7 Å². The lowest BCUT2D eigenvalue weighted by Gasteiger charge is -2.19. The van der Waals surface area contributed by atoms with Crippen LogP contribution in [-0.4, -0.2) is 41.8 Å². The zero-order valence-corrected chi connectivity index (χ0v) is 21.7. The van der Waals surface area contributed by atoms with Gasteiger partial charge >= 0.3 is 6.09 Å². The standard InChI is InChI=1S/C31H29N3O6/c35-29(28(34(38)39)17-22-9-3-1-4-10-22)20-32-30(36)27(26-16-15-24-13-7-8-14-25(24)18-26)19-33-31(37)40-21-23-11-5-2-6-12-23/h1-16,18,27-28H,17,19-21H2,(H,32,36)(H,33,37). The summed E-state index contributed by atoms with van der Waals surface area (Å²) in [4.78, 5) is 49.5. The quantitative estimate of drug-likeness (QED) is 0.203. The Kier molecular flexibility index (Phi) is 9.55. The third kappa shape index (κ3) is 7.73. The van der Waals surface area contributed by atoms with Crippen LogP contribution in [0.1, 0.15) is 22.6 Å². The number of rotatable bonds is 12. The Bertz CT molecular complexity index is 1480. The van der Waals surface area contributed by atoms with E-state index in [4.69, 9.17) is 4.74 Å². The molecule has 4 aromatic rings. The van der Waals surface area contributed by atoms with Crippen LogP contribution in [0.3, 0.4) is 0 Å².